The van der Waals surface area contributed by atoms with Crippen LogP contribution >= 0.6 is 23.2 Å². The lowest BCUT2D eigenvalue weighted by atomic mass is 10.1. The predicted octanol–water partition coefficient (Wildman–Crippen LogP) is 3.72. The Balaban J connectivity index is 2.12. The van der Waals surface area contributed by atoms with Gasteiger partial charge in [0.15, 0.2) is 5.75 Å². The number of ether oxygens (including phenoxy) is 1. The number of anilines is 1. The molecule has 0 heterocycles. The molecule has 5 heteroatoms. The number of rotatable bonds is 3. The van der Waals surface area contributed by atoms with Crippen molar-refractivity contribution in [1.29, 1.82) is 0 Å². The van der Waals surface area contributed by atoms with Gasteiger partial charge >= 0.3 is 5.97 Å². The zero-order valence-corrected chi connectivity index (χ0v) is 11.4. The van der Waals surface area contributed by atoms with Crippen molar-refractivity contribution in [2.24, 2.45) is 0 Å². The zero-order chi connectivity index (χ0) is 13.8. The average Bonchev–Trinajstić information content (AvgIpc) is 2.37. The molecule has 0 fully saturated rings. The van der Waals surface area contributed by atoms with Crippen molar-refractivity contribution in [3.8, 4) is 5.75 Å². The van der Waals surface area contributed by atoms with Crippen LogP contribution in [0.3, 0.4) is 0 Å². The molecule has 2 rings (SSSR count). The third-order valence-electron chi connectivity index (χ3n) is 2.52. The average molecular weight is 296 g/mol. The normalized spacial score (nSPS) is 10.2. The smallest absolute Gasteiger partial charge is 0.315 e. The topological polar surface area (TPSA) is 52.3 Å². The number of carbonyl (C=O) groups is 1. The highest BCUT2D eigenvalue weighted by Crippen LogP contribution is 2.32. The van der Waals surface area contributed by atoms with E-state index in [0.29, 0.717) is 21.3 Å². The number of benzene rings is 2. The predicted molar refractivity (Wildman–Crippen MR) is 76.7 cm³/mol. The number of hydrogen-bond acceptors (Lipinski definition) is 3. The van der Waals surface area contributed by atoms with Gasteiger partial charge < -0.3 is 10.5 Å². The Morgan fingerprint density at radius 1 is 1.05 bits per heavy atom. The Labute approximate surface area is 120 Å². The Kier molecular flexibility index (Phi) is 4.30. The van der Waals surface area contributed by atoms with Gasteiger partial charge in [0, 0.05) is 5.69 Å². The van der Waals surface area contributed by atoms with Crippen LogP contribution in [0.25, 0.3) is 0 Å². The van der Waals surface area contributed by atoms with Gasteiger partial charge in [0.05, 0.1) is 16.5 Å². The molecule has 0 aliphatic heterocycles. The minimum absolute atomic E-state index is 0.0637. The number of halogens is 2. The molecule has 0 saturated heterocycles. The highest BCUT2D eigenvalue weighted by molar-refractivity contribution is 6.37. The molecule has 0 aliphatic carbocycles. The lowest BCUT2D eigenvalue weighted by molar-refractivity contribution is -0.133. The second-order valence-corrected chi connectivity index (χ2v) is 4.71. The van der Waals surface area contributed by atoms with Crippen LogP contribution in [-0.4, -0.2) is 5.97 Å². The van der Waals surface area contributed by atoms with E-state index in [1.165, 1.54) is 0 Å². The molecule has 0 aromatic heterocycles. The monoisotopic (exact) mass is 295 g/mol. The number of para-hydroxylation sites is 2. The zero-order valence-electron chi connectivity index (χ0n) is 9.90. The van der Waals surface area contributed by atoms with Gasteiger partial charge in [-0.25, -0.2) is 0 Å². The fourth-order valence-corrected chi connectivity index (χ4v) is 2.06. The van der Waals surface area contributed by atoms with E-state index in [9.17, 15) is 4.79 Å². The lowest BCUT2D eigenvalue weighted by Crippen LogP contribution is -2.13. The largest absolute Gasteiger partial charge is 0.423 e. The molecule has 0 amide bonds. The van der Waals surface area contributed by atoms with Gasteiger partial charge in [-0.05, 0) is 23.8 Å². The second-order valence-electron chi connectivity index (χ2n) is 3.90. The van der Waals surface area contributed by atoms with Gasteiger partial charge in [-0.15, -0.1) is 0 Å². The first kappa shape index (κ1) is 13.7. The summed E-state index contributed by atoms with van der Waals surface area (Å²) in [6, 6.07) is 12.0. The van der Waals surface area contributed by atoms with E-state index in [1.54, 1.807) is 42.5 Å². The first-order valence-corrected chi connectivity index (χ1v) is 6.31. The molecule has 0 atom stereocenters. The molecule has 2 N–H and O–H groups in total. The molecular formula is C14H11Cl2NO2. The van der Waals surface area contributed by atoms with Crippen LogP contribution < -0.4 is 10.5 Å². The van der Waals surface area contributed by atoms with E-state index in [0.717, 1.165) is 0 Å². The van der Waals surface area contributed by atoms with E-state index < -0.39 is 5.97 Å². The molecule has 3 nitrogen and oxygen atoms in total. The summed E-state index contributed by atoms with van der Waals surface area (Å²) < 4.78 is 5.18. The van der Waals surface area contributed by atoms with Crippen molar-refractivity contribution in [2.75, 3.05) is 5.73 Å². The number of esters is 1. The van der Waals surface area contributed by atoms with Crippen LogP contribution in [0.1, 0.15) is 5.56 Å². The van der Waals surface area contributed by atoms with Crippen molar-refractivity contribution in [3.63, 3.8) is 0 Å². The van der Waals surface area contributed by atoms with Gasteiger partial charge in [0.25, 0.3) is 0 Å². The maximum Gasteiger partial charge on any atom is 0.315 e. The molecule has 2 aromatic carbocycles. The SMILES string of the molecule is Nc1ccccc1CC(=O)Oc1c(Cl)cccc1Cl. The minimum Gasteiger partial charge on any atom is -0.423 e. The summed E-state index contributed by atoms with van der Waals surface area (Å²) in [7, 11) is 0. The summed E-state index contributed by atoms with van der Waals surface area (Å²) >= 11 is 11.8. The molecule has 0 saturated carbocycles. The number of carbonyl (C=O) groups excluding carboxylic acids is 1. The van der Waals surface area contributed by atoms with E-state index in [1.807, 2.05) is 0 Å². The van der Waals surface area contributed by atoms with E-state index >= 15 is 0 Å². The molecular weight excluding hydrogens is 285 g/mol. The standard InChI is InChI=1S/C14H11Cl2NO2/c15-10-5-3-6-11(16)14(10)19-13(18)8-9-4-1-2-7-12(9)17/h1-7H,8,17H2. The summed E-state index contributed by atoms with van der Waals surface area (Å²) in [4.78, 5) is 11.8. The molecule has 0 unspecified atom stereocenters. The quantitative estimate of drug-likeness (QED) is 0.533. The van der Waals surface area contributed by atoms with Crippen molar-refractivity contribution < 1.29 is 9.53 Å². The van der Waals surface area contributed by atoms with Crippen molar-refractivity contribution in [3.05, 3.63) is 58.1 Å². The van der Waals surface area contributed by atoms with Gasteiger partial charge in [0.2, 0.25) is 0 Å². The molecule has 98 valence electrons. The van der Waals surface area contributed by atoms with Gasteiger partial charge in [0.1, 0.15) is 0 Å². The van der Waals surface area contributed by atoms with Crippen LogP contribution in [0.15, 0.2) is 42.5 Å². The summed E-state index contributed by atoms with van der Waals surface area (Å²) in [6.07, 6.45) is 0.0637. The highest BCUT2D eigenvalue weighted by atomic mass is 35.5. The maximum atomic E-state index is 11.8. The van der Waals surface area contributed by atoms with Crippen molar-refractivity contribution >= 4 is 34.9 Å². The number of nitrogen functional groups attached to an aromatic ring is 1. The highest BCUT2D eigenvalue weighted by Gasteiger charge is 2.13. The number of hydrogen-bond donors (Lipinski definition) is 1. The van der Waals surface area contributed by atoms with Crippen LogP contribution in [0, 0.1) is 0 Å². The van der Waals surface area contributed by atoms with Crippen LogP contribution in [0.2, 0.25) is 10.0 Å². The first-order chi connectivity index (χ1) is 9.08. The molecule has 0 radical (unpaired) electrons. The molecule has 0 bridgehead atoms. The van der Waals surface area contributed by atoms with Crippen LogP contribution in [0.4, 0.5) is 5.69 Å². The maximum absolute atomic E-state index is 11.8. The fraction of sp³-hybridized carbons (Fsp3) is 0.0714. The van der Waals surface area contributed by atoms with Crippen LogP contribution in [0.5, 0.6) is 5.75 Å². The molecule has 19 heavy (non-hydrogen) atoms. The molecule has 0 spiro atoms. The lowest BCUT2D eigenvalue weighted by Gasteiger charge is -2.09. The fourth-order valence-electron chi connectivity index (χ4n) is 1.58. The van der Waals surface area contributed by atoms with E-state index in [4.69, 9.17) is 33.7 Å². The Morgan fingerprint density at radius 3 is 2.32 bits per heavy atom. The van der Waals surface area contributed by atoms with Crippen molar-refractivity contribution in [1.82, 2.24) is 0 Å². The van der Waals surface area contributed by atoms with Crippen molar-refractivity contribution in [2.45, 2.75) is 6.42 Å². The summed E-state index contributed by atoms with van der Waals surface area (Å²) in [5, 5.41) is 0.587. The molecule has 2 aromatic rings. The minimum atomic E-state index is -0.465. The summed E-state index contributed by atoms with van der Waals surface area (Å²) in [5.74, 6) is -0.293. The third kappa shape index (κ3) is 3.40. The van der Waals surface area contributed by atoms with E-state index in [-0.39, 0.29) is 12.2 Å². The van der Waals surface area contributed by atoms with E-state index in [2.05, 4.69) is 0 Å². The van der Waals surface area contributed by atoms with Crippen LogP contribution in [-0.2, 0) is 11.2 Å². The second kappa shape index (κ2) is 5.95. The number of nitrogens with two attached hydrogens (primary N) is 1. The summed E-state index contributed by atoms with van der Waals surface area (Å²) in [5.41, 5.74) is 7.01. The van der Waals surface area contributed by atoms with Gasteiger partial charge in [-0.2, -0.15) is 0 Å². The van der Waals surface area contributed by atoms with Gasteiger partial charge in [-0.1, -0.05) is 47.5 Å². The third-order valence-corrected chi connectivity index (χ3v) is 3.12. The Morgan fingerprint density at radius 2 is 1.68 bits per heavy atom. The summed E-state index contributed by atoms with van der Waals surface area (Å²) in [6.45, 7) is 0. The Hall–Kier alpha value is -1.71. The Bertz CT molecular complexity index is 594. The first-order valence-electron chi connectivity index (χ1n) is 5.56. The van der Waals surface area contributed by atoms with Gasteiger partial charge in [-0.3, -0.25) is 4.79 Å². The molecule has 0 aliphatic rings.